The lowest BCUT2D eigenvalue weighted by Crippen LogP contribution is -2.01. The average Bonchev–Trinajstić information content (AvgIpc) is 1.98. The van der Waals surface area contributed by atoms with Crippen molar-refractivity contribution in [2.75, 3.05) is 0 Å². The first-order chi connectivity index (χ1) is 5.24. The Hall–Kier alpha value is -1.11. The van der Waals surface area contributed by atoms with E-state index in [0.29, 0.717) is 5.92 Å². The molecule has 0 spiro atoms. The van der Waals surface area contributed by atoms with Crippen LogP contribution in [-0.2, 0) is 0 Å². The minimum atomic E-state index is 0.614. The lowest BCUT2D eigenvalue weighted by Gasteiger charge is -2.16. The summed E-state index contributed by atoms with van der Waals surface area (Å²) in [5.74, 6) is 0.614. The molecular weight excluding hydrogens is 134 g/mol. The van der Waals surface area contributed by atoms with E-state index in [4.69, 9.17) is 0 Å². The summed E-state index contributed by atoms with van der Waals surface area (Å²) in [5.41, 5.74) is 2.54. The fraction of sp³-hybridized carbons (Fsp3) is 0.300. The van der Waals surface area contributed by atoms with Crippen molar-refractivity contribution in [2.45, 2.75) is 13.8 Å². The van der Waals surface area contributed by atoms with Crippen LogP contribution < -0.4 is 0 Å². The number of nitrogens with zero attached hydrogens (tertiary/aromatic N) is 1. The molecule has 58 valence electrons. The van der Waals surface area contributed by atoms with Gasteiger partial charge in [0.15, 0.2) is 0 Å². The van der Waals surface area contributed by atoms with Crippen LogP contribution in [0.4, 0.5) is 0 Å². The monoisotopic (exact) mass is 147 g/mol. The van der Waals surface area contributed by atoms with E-state index in [1.54, 1.807) is 6.20 Å². The molecule has 0 heterocycles. The summed E-state index contributed by atoms with van der Waals surface area (Å²) in [7, 11) is 0. The molecule has 1 aliphatic rings. The molecular formula is C10H13N. The van der Waals surface area contributed by atoms with Gasteiger partial charge >= 0.3 is 0 Å². The zero-order valence-corrected chi connectivity index (χ0v) is 7.04. The van der Waals surface area contributed by atoms with Gasteiger partial charge in [-0.1, -0.05) is 25.2 Å². The fourth-order valence-electron chi connectivity index (χ4n) is 1.02. The van der Waals surface area contributed by atoms with Gasteiger partial charge in [-0.2, -0.15) is 0 Å². The first kappa shape index (κ1) is 7.99. The second kappa shape index (κ2) is 3.33. The minimum absolute atomic E-state index is 0.614. The van der Waals surface area contributed by atoms with Crippen molar-refractivity contribution in [3.05, 3.63) is 35.6 Å². The van der Waals surface area contributed by atoms with Gasteiger partial charge in [-0.3, -0.25) is 4.99 Å². The Labute approximate surface area is 67.8 Å². The molecule has 1 nitrogen and oxygen atoms in total. The first-order valence-electron chi connectivity index (χ1n) is 3.76. The van der Waals surface area contributed by atoms with E-state index in [1.807, 2.05) is 6.92 Å². The molecule has 11 heavy (non-hydrogen) atoms. The maximum absolute atomic E-state index is 3.69. The largest absolute Gasteiger partial charge is 0.272 e. The first-order valence-corrected chi connectivity index (χ1v) is 3.76. The van der Waals surface area contributed by atoms with E-state index >= 15 is 0 Å². The number of allylic oxidation sites excluding steroid dienone is 5. The molecule has 0 fully saturated rings. The molecule has 0 aliphatic heterocycles. The van der Waals surface area contributed by atoms with E-state index < -0.39 is 0 Å². The van der Waals surface area contributed by atoms with Crippen molar-refractivity contribution >= 4 is 6.72 Å². The van der Waals surface area contributed by atoms with E-state index in [9.17, 15) is 0 Å². The summed E-state index contributed by atoms with van der Waals surface area (Å²) < 4.78 is 0. The van der Waals surface area contributed by atoms with Crippen LogP contribution in [0, 0.1) is 5.92 Å². The third-order valence-electron chi connectivity index (χ3n) is 1.79. The molecule has 1 unspecified atom stereocenters. The smallest absolute Gasteiger partial charge is 0.0289 e. The summed E-state index contributed by atoms with van der Waals surface area (Å²) in [5, 5.41) is 0. The Balaban J connectivity index is 2.66. The summed E-state index contributed by atoms with van der Waals surface area (Å²) in [6.45, 7) is 7.61. The van der Waals surface area contributed by atoms with Gasteiger partial charge in [0.1, 0.15) is 0 Å². The van der Waals surface area contributed by atoms with Gasteiger partial charge in [-0.25, -0.2) is 0 Å². The summed E-state index contributed by atoms with van der Waals surface area (Å²) in [4.78, 5) is 3.69. The predicted molar refractivity (Wildman–Crippen MR) is 49.7 cm³/mol. The quantitative estimate of drug-likeness (QED) is 0.532. The van der Waals surface area contributed by atoms with Gasteiger partial charge in [-0.15, -0.1) is 0 Å². The van der Waals surface area contributed by atoms with E-state index in [-0.39, 0.29) is 0 Å². The van der Waals surface area contributed by atoms with Crippen LogP contribution >= 0.6 is 0 Å². The summed E-state index contributed by atoms with van der Waals surface area (Å²) in [6, 6.07) is 0. The average molecular weight is 147 g/mol. The Bertz CT molecular complexity index is 244. The van der Waals surface area contributed by atoms with Gasteiger partial charge in [0, 0.05) is 6.20 Å². The molecule has 0 radical (unpaired) electrons. The van der Waals surface area contributed by atoms with Crippen LogP contribution in [0.15, 0.2) is 40.6 Å². The normalized spacial score (nSPS) is 26.9. The molecule has 0 N–H and O–H groups in total. The van der Waals surface area contributed by atoms with Crippen molar-refractivity contribution in [2.24, 2.45) is 10.9 Å². The second-order valence-electron chi connectivity index (χ2n) is 2.85. The maximum Gasteiger partial charge on any atom is 0.0289 e. The highest BCUT2D eigenvalue weighted by Crippen LogP contribution is 2.24. The standard InChI is InChI=1S/C10H13N/c1-8(7-11-3)6-10-5-4-9(10)2/h4-7,9H,3H2,1-2H3/b8-7-,10-6-. The van der Waals surface area contributed by atoms with Gasteiger partial charge in [0.2, 0.25) is 0 Å². The topological polar surface area (TPSA) is 12.4 Å². The molecule has 0 aromatic heterocycles. The summed E-state index contributed by atoms with van der Waals surface area (Å²) in [6.07, 6.45) is 8.22. The van der Waals surface area contributed by atoms with Crippen LogP contribution in [0.2, 0.25) is 0 Å². The number of aliphatic imine (C=N–C) groups is 1. The van der Waals surface area contributed by atoms with Gasteiger partial charge in [0.05, 0.1) is 0 Å². The molecule has 0 bridgehead atoms. The van der Waals surface area contributed by atoms with Crippen molar-refractivity contribution in [3.63, 3.8) is 0 Å². The third-order valence-corrected chi connectivity index (χ3v) is 1.79. The van der Waals surface area contributed by atoms with E-state index in [2.05, 4.69) is 36.9 Å². The minimum Gasteiger partial charge on any atom is -0.272 e. The van der Waals surface area contributed by atoms with Gasteiger partial charge < -0.3 is 0 Å². The molecule has 1 aliphatic carbocycles. The van der Waals surface area contributed by atoms with Crippen LogP contribution in [0.25, 0.3) is 0 Å². The van der Waals surface area contributed by atoms with Crippen LogP contribution in [-0.4, -0.2) is 6.72 Å². The van der Waals surface area contributed by atoms with E-state index in [0.717, 1.165) is 5.57 Å². The molecule has 0 amide bonds. The van der Waals surface area contributed by atoms with Crippen molar-refractivity contribution < 1.29 is 0 Å². The molecule has 0 saturated carbocycles. The van der Waals surface area contributed by atoms with Gasteiger partial charge in [-0.05, 0) is 30.7 Å². The molecule has 1 heteroatoms. The zero-order chi connectivity index (χ0) is 8.27. The summed E-state index contributed by atoms with van der Waals surface area (Å²) >= 11 is 0. The highest BCUT2D eigenvalue weighted by atomic mass is 14.6. The fourth-order valence-corrected chi connectivity index (χ4v) is 1.02. The highest BCUT2D eigenvalue weighted by molar-refractivity contribution is 5.40. The van der Waals surface area contributed by atoms with Crippen molar-refractivity contribution in [1.82, 2.24) is 0 Å². The van der Waals surface area contributed by atoms with Crippen LogP contribution in [0.5, 0.6) is 0 Å². The SMILES string of the molecule is C=N/C=C(C)\C=C1\C=CC1C. The Morgan fingerprint density at radius 1 is 1.73 bits per heavy atom. The highest BCUT2D eigenvalue weighted by Gasteiger charge is 2.09. The van der Waals surface area contributed by atoms with Crippen molar-refractivity contribution in [1.29, 1.82) is 0 Å². The lowest BCUT2D eigenvalue weighted by molar-refractivity contribution is 0.835. The molecule has 0 saturated heterocycles. The maximum atomic E-state index is 3.69. The molecule has 0 aromatic carbocycles. The molecule has 1 rings (SSSR count). The predicted octanol–water partition coefficient (Wildman–Crippen LogP) is 2.72. The Morgan fingerprint density at radius 2 is 2.45 bits per heavy atom. The van der Waals surface area contributed by atoms with Crippen LogP contribution in [0.1, 0.15) is 13.8 Å². The second-order valence-corrected chi connectivity index (χ2v) is 2.85. The third kappa shape index (κ3) is 1.90. The lowest BCUT2D eigenvalue weighted by atomic mass is 9.89. The van der Waals surface area contributed by atoms with Gasteiger partial charge in [0.25, 0.3) is 0 Å². The van der Waals surface area contributed by atoms with Crippen molar-refractivity contribution in [3.8, 4) is 0 Å². The Morgan fingerprint density at radius 3 is 2.82 bits per heavy atom. The number of rotatable bonds is 2. The number of hydrogen-bond acceptors (Lipinski definition) is 1. The number of hydrogen-bond donors (Lipinski definition) is 0. The van der Waals surface area contributed by atoms with Crippen LogP contribution in [0.3, 0.4) is 0 Å². The van der Waals surface area contributed by atoms with E-state index in [1.165, 1.54) is 5.57 Å². The molecule has 0 aromatic rings. The molecule has 1 atom stereocenters. The zero-order valence-electron chi connectivity index (χ0n) is 7.04. The Kier molecular flexibility index (Phi) is 2.42.